The van der Waals surface area contributed by atoms with Gasteiger partial charge in [-0.25, -0.2) is 4.79 Å². The number of carbonyl (C=O) groups excluding carboxylic acids is 1. The molecule has 1 aromatic rings. The normalized spacial score (nSPS) is 7.04. The molecule has 0 saturated carbocycles. The molecule has 3 heteroatoms. The smallest absolute Gasteiger partial charge is 0.333 e. The fourth-order valence-electron chi connectivity index (χ4n) is 0.843. The summed E-state index contributed by atoms with van der Waals surface area (Å²) in [5.41, 5.74) is 1.62. The quantitative estimate of drug-likeness (QED) is 0.317. The summed E-state index contributed by atoms with van der Waals surface area (Å²) in [6.45, 7) is 20.7. The van der Waals surface area contributed by atoms with Gasteiger partial charge in [-0.05, 0) is 19.4 Å². The highest BCUT2D eigenvalue weighted by Crippen LogP contribution is 1.97. The van der Waals surface area contributed by atoms with Crippen molar-refractivity contribution in [1.82, 2.24) is 0 Å². The number of benzene rings is 1. The van der Waals surface area contributed by atoms with E-state index in [9.17, 15) is 4.79 Å². The Kier molecular flexibility index (Phi) is 23.8. The largest absolute Gasteiger partial charge is 0.463 e. The Bertz CT molecular complexity index is 531. The van der Waals surface area contributed by atoms with E-state index in [0.29, 0.717) is 12.2 Å². The number of carbonyl (C=O) groups is 1. The number of rotatable bonds is 4. The maximum Gasteiger partial charge on any atom is 0.333 e. The molecule has 0 fully saturated rings. The first-order chi connectivity index (χ1) is 11.4. The second-order valence-electron chi connectivity index (χ2n) is 3.92. The number of esters is 1. The van der Waals surface area contributed by atoms with Crippen molar-refractivity contribution in [3.05, 3.63) is 92.6 Å². The molecule has 0 unspecified atom stereocenters. The molecule has 0 atom stereocenters. The molecule has 1 aromatic carbocycles. The molecular weight excluding hydrogens is 298 g/mol. The van der Waals surface area contributed by atoms with Gasteiger partial charge in [0, 0.05) is 11.6 Å². The first kappa shape index (κ1) is 25.8. The van der Waals surface area contributed by atoms with Crippen LogP contribution < -0.4 is 0 Å². The third-order valence-electron chi connectivity index (χ3n) is 1.92. The van der Waals surface area contributed by atoms with Crippen molar-refractivity contribution in [2.24, 2.45) is 0 Å². The first-order valence-electron chi connectivity index (χ1n) is 7.19. The molecule has 0 aliphatic rings. The van der Waals surface area contributed by atoms with Crippen molar-refractivity contribution in [2.75, 3.05) is 6.61 Å². The zero-order chi connectivity index (χ0) is 19.2. The molecule has 3 nitrogen and oxygen atoms in total. The lowest BCUT2D eigenvalue weighted by atomic mass is 10.2. The molecule has 24 heavy (non-hydrogen) atoms. The summed E-state index contributed by atoms with van der Waals surface area (Å²) in [6, 6.07) is 11.7. The van der Waals surface area contributed by atoms with Gasteiger partial charge in [-0.15, -0.1) is 0 Å². The average Bonchev–Trinajstić information content (AvgIpc) is 2.63. The summed E-state index contributed by atoms with van der Waals surface area (Å²) < 4.78 is 4.56. The van der Waals surface area contributed by atoms with Crippen LogP contribution >= 0.6 is 0 Å². The minimum Gasteiger partial charge on any atom is -0.463 e. The molecule has 128 valence electrons. The fraction of sp³-hybridized carbons (Fsp3) is 0.143. The highest BCUT2D eigenvalue weighted by Gasteiger charge is 1.98. The molecule has 0 heterocycles. The van der Waals surface area contributed by atoms with Gasteiger partial charge in [-0.3, -0.25) is 0 Å². The molecule has 1 rings (SSSR count). The zero-order valence-electron chi connectivity index (χ0n) is 14.7. The van der Waals surface area contributed by atoms with E-state index in [1.165, 1.54) is 11.6 Å². The summed E-state index contributed by atoms with van der Waals surface area (Å²) in [5.74, 6) is -0.312. The van der Waals surface area contributed by atoms with Crippen LogP contribution in [0.5, 0.6) is 0 Å². The topological polar surface area (TPSA) is 50.1 Å². The number of allylic oxidation sites excluding steroid dienone is 3. The molecular formula is C21H27NO2. The van der Waals surface area contributed by atoms with E-state index >= 15 is 0 Å². The average molecular weight is 325 g/mol. The molecule has 0 aromatic heterocycles. The van der Waals surface area contributed by atoms with Crippen molar-refractivity contribution in [3.8, 4) is 6.07 Å². The Morgan fingerprint density at radius 1 is 1.17 bits per heavy atom. The van der Waals surface area contributed by atoms with Gasteiger partial charge >= 0.3 is 5.97 Å². The minimum atomic E-state index is -0.312. The number of ether oxygens (including phenoxy) is 1. The maximum absolute atomic E-state index is 10.4. The molecule has 0 saturated heterocycles. The first-order valence-corrected chi connectivity index (χ1v) is 7.19. The van der Waals surface area contributed by atoms with Gasteiger partial charge in [0.05, 0.1) is 12.7 Å². The van der Waals surface area contributed by atoms with E-state index in [2.05, 4.69) is 37.6 Å². The minimum absolute atomic E-state index is 0.312. The van der Waals surface area contributed by atoms with Crippen LogP contribution in [0.2, 0.25) is 0 Å². The predicted octanol–water partition coefficient (Wildman–Crippen LogP) is 5.51. The lowest BCUT2D eigenvalue weighted by molar-refractivity contribution is -0.138. The molecule has 0 amide bonds. The van der Waals surface area contributed by atoms with Gasteiger partial charge in [0.15, 0.2) is 0 Å². The maximum atomic E-state index is 10.4. The molecule has 0 aliphatic heterocycles. The van der Waals surface area contributed by atoms with E-state index < -0.39 is 0 Å². The number of hydrogen-bond donors (Lipinski definition) is 0. The van der Waals surface area contributed by atoms with Crippen molar-refractivity contribution >= 4 is 12.0 Å². The Hall–Kier alpha value is -3.12. The van der Waals surface area contributed by atoms with Gasteiger partial charge < -0.3 is 4.74 Å². The van der Waals surface area contributed by atoms with Gasteiger partial charge in [0.2, 0.25) is 0 Å². The van der Waals surface area contributed by atoms with Gasteiger partial charge in [0.25, 0.3) is 0 Å². The van der Waals surface area contributed by atoms with Crippen LogP contribution in [0.15, 0.2) is 87.0 Å². The van der Waals surface area contributed by atoms with Crippen LogP contribution in [0.3, 0.4) is 0 Å². The second-order valence-corrected chi connectivity index (χ2v) is 3.92. The lowest BCUT2D eigenvalue weighted by Crippen LogP contribution is -2.03. The third-order valence-corrected chi connectivity index (χ3v) is 1.92. The molecule has 0 bridgehead atoms. The Balaban J connectivity index is -0.000000260. The molecule has 0 spiro atoms. The highest BCUT2D eigenvalue weighted by molar-refractivity contribution is 5.86. The van der Waals surface area contributed by atoms with E-state index in [-0.39, 0.29) is 5.97 Å². The Morgan fingerprint density at radius 2 is 1.62 bits per heavy atom. The summed E-state index contributed by atoms with van der Waals surface area (Å²) >= 11 is 0. The van der Waals surface area contributed by atoms with Gasteiger partial charge in [0.1, 0.15) is 0 Å². The summed E-state index contributed by atoms with van der Waals surface area (Å²) in [4.78, 5) is 10.4. The SMILES string of the molecule is C=C(C)C(=O)OCC.C=CC#N.C=CC=C.C=Cc1ccccc1. The Labute approximate surface area is 146 Å². The van der Waals surface area contributed by atoms with Crippen LogP contribution in [0, 0.1) is 11.3 Å². The van der Waals surface area contributed by atoms with Crippen molar-refractivity contribution in [1.29, 1.82) is 5.26 Å². The van der Waals surface area contributed by atoms with E-state index in [1.54, 1.807) is 32.1 Å². The molecule has 0 radical (unpaired) electrons. The van der Waals surface area contributed by atoms with Crippen molar-refractivity contribution < 1.29 is 9.53 Å². The monoisotopic (exact) mass is 325 g/mol. The fourth-order valence-corrected chi connectivity index (χ4v) is 0.843. The summed E-state index contributed by atoms with van der Waals surface area (Å²) in [6.07, 6.45) is 6.29. The predicted molar refractivity (Wildman–Crippen MR) is 104 cm³/mol. The number of hydrogen-bond acceptors (Lipinski definition) is 3. The molecule has 0 N–H and O–H groups in total. The number of nitriles is 1. The Morgan fingerprint density at radius 3 is 1.79 bits per heavy atom. The lowest BCUT2D eigenvalue weighted by Gasteiger charge is -1.96. The van der Waals surface area contributed by atoms with Crippen LogP contribution in [0.25, 0.3) is 6.08 Å². The van der Waals surface area contributed by atoms with E-state index in [4.69, 9.17) is 5.26 Å². The summed E-state index contributed by atoms with van der Waals surface area (Å²) in [5, 5.41) is 7.51. The van der Waals surface area contributed by atoms with Crippen LogP contribution in [0.4, 0.5) is 0 Å². The molecule has 0 aliphatic carbocycles. The van der Waals surface area contributed by atoms with Crippen LogP contribution in [0.1, 0.15) is 19.4 Å². The standard InChI is InChI=1S/C8H8.C6H10O2.C4H6.C3H3N/c1-2-8-6-4-3-5-7-8;1-4-8-6(7)5(2)3;1-3-4-2;1-2-3-4/h2-7H,1H2;2,4H2,1,3H3;3-4H,1-2H2;2H,1H2. The third kappa shape index (κ3) is 23.9. The van der Waals surface area contributed by atoms with Crippen LogP contribution in [-0.2, 0) is 9.53 Å². The summed E-state index contributed by atoms with van der Waals surface area (Å²) in [7, 11) is 0. The van der Waals surface area contributed by atoms with Gasteiger partial charge in [-0.2, -0.15) is 5.26 Å². The van der Waals surface area contributed by atoms with E-state index in [0.717, 1.165) is 0 Å². The zero-order valence-corrected chi connectivity index (χ0v) is 14.7. The van der Waals surface area contributed by atoms with Crippen LogP contribution in [-0.4, -0.2) is 12.6 Å². The van der Waals surface area contributed by atoms with Gasteiger partial charge in [-0.1, -0.05) is 81.5 Å². The van der Waals surface area contributed by atoms with E-state index in [1.807, 2.05) is 36.4 Å². The highest BCUT2D eigenvalue weighted by atomic mass is 16.5. The van der Waals surface area contributed by atoms with Crippen molar-refractivity contribution in [2.45, 2.75) is 13.8 Å². The van der Waals surface area contributed by atoms with Crippen molar-refractivity contribution in [3.63, 3.8) is 0 Å². The second kappa shape index (κ2) is 22.2. The number of nitrogens with zero attached hydrogens (tertiary/aromatic N) is 1.